The van der Waals surface area contributed by atoms with Crippen LogP contribution in [0.2, 0.25) is 0 Å². The van der Waals surface area contributed by atoms with Crippen LogP contribution in [0.3, 0.4) is 0 Å². The van der Waals surface area contributed by atoms with Crippen LogP contribution in [0.5, 0.6) is 0 Å². The summed E-state index contributed by atoms with van der Waals surface area (Å²) in [4.78, 5) is 11.2. The first-order valence-corrected chi connectivity index (χ1v) is 7.31. The Kier molecular flexibility index (Phi) is 3.83. The first-order valence-electron chi connectivity index (χ1n) is 7.31. The first-order chi connectivity index (χ1) is 9.70. The van der Waals surface area contributed by atoms with Gasteiger partial charge >= 0.3 is 0 Å². The summed E-state index contributed by atoms with van der Waals surface area (Å²) in [7, 11) is 2.19. The van der Waals surface area contributed by atoms with Gasteiger partial charge in [-0.3, -0.25) is 4.98 Å². The lowest BCUT2D eigenvalue weighted by molar-refractivity contribution is 0.227. The van der Waals surface area contributed by atoms with Gasteiger partial charge in [0, 0.05) is 44.6 Å². The molecule has 0 radical (unpaired) electrons. The monoisotopic (exact) mass is 270 g/mol. The molecule has 0 fully saturated rings. The maximum Gasteiger partial charge on any atom is 0.108 e. The van der Waals surface area contributed by atoms with E-state index < -0.39 is 0 Å². The van der Waals surface area contributed by atoms with Crippen molar-refractivity contribution >= 4 is 0 Å². The summed E-state index contributed by atoms with van der Waals surface area (Å²) in [6.07, 6.45) is 8.30. The number of aryl methyl sites for hydroxylation is 2. The van der Waals surface area contributed by atoms with E-state index in [9.17, 15) is 0 Å². The summed E-state index contributed by atoms with van der Waals surface area (Å²) in [5, 5.41) is 0. The highest BCUT2D eigenvalue weighted by molar-refractivity contribution is 5.12. The minimum atomic E-state index is 0.715. The normalized spacial score (nSPS) is 18.2. The number of hydrogen-bond donors (Lipinski definition) is 0. The highest BCUT2D eigenvalue weighted by Crippen LogP contribution is 2.19. The third kappa shape index (κ3) is 3.07. The zero-order chi connectivity index (χ0) is 13.9. The van der Waals surface area contributed by atoms with Crippen molar-refractivity contribution in [3.63, 3.8) is 0 Å². The van der Waals surface area contributed by atoms with Crippen LogP contribution in [-0.2, 0) is 19.5 Å². The molecule has 0 spiro atoms. The van der Waals surface area contributed by atoms with E-state index in [1.165, 1.54) is 17.8 Å². The maximum atomic E-state index is 4.48. The topological polar surface area (TPSA) is 34.0 Å². The predicted octanol–water partition coefficient (Wildman–Crippen LogP) is 2.28. The Morgan fingerprint density at radius 2 is 2.25 bits per heavy atom. The van der Waals surface area contributed by atoms with Gasteiger partial charge in [-0.2, -0.15) is 0 Å². The summed E-state index contributed by atoms with van der Waals surface area (Å²) in [5.74, 6) is 1.95. The van der Waals surface area contributed by atoms with Crippen LogP contribution in [0.25, 0.3) is 0 Å². The molecule has 0 bridgehead atoms. The predicted molar refractivity (Wildman–Crippen MR) is 79.3 cm³/mol. The van der Waals surface area contributed by atoms with Gasteiger partial charge in [-0.1, -0.05) is 6.07 Å². The molecule has 0 amide bonds. The van der Waals surface area contributed by atoms with Crippen LogP contribution >= 0.6 is 0 Å². The van der Waals surface area contributed by atoms with Gasteiger partial charge < -0.3 is 9.47 Å². The minimum absolute atomic E-state index is 0.715. The van der Waals surface area contributed by atoms with Gasteiger partial charge in [-0.25, -0.2) is 4.98 Å². The van der Waals surface area contributed by atoms with Crippen molar-refractivity contribution in [3.05, 3.63) is 47.8 Å². The van der Waals surface area contributed by atoms with Crippen LogP contribution in [-0.4, -0.2) is 33.0 Å². The molecule has 0 aromatic carbocycles. The molecule has 1 atom stereocenters. The van der Waals surface area contributed by atoms with Crippen molar-refractivity contribution in [3.8, 4) is 0 Å². The molecule has 4 nitrogen and oxygen atoms in total. The molecule has 106 valence electrons. The number of imidazole rings is 1. The van der Waals surface area contributed by atoms with E-state index in [-0.39, 0.29) is 0 Å². The Bertz CT molecular complexity index is 558. The SMILES string of the molecule is Cc1ccc(CN(C)C[C@H]2CCc3nccn3C2)nc1. The Labute approximate surface area is 120 Å². The van der Waals surface area contributed by atoms with Crippen molar-refractivity contribution in [2.24, 2.45) is 5.92 Å². The van der Waals surface area contributed by atoms with Gasteiger partial charge in [-0.05, 0) is 37.9 Å². The third-order valence-electron chi connectivity index (χ3n) is 4.01. The summed E-state index contributed by atoms with van der Waals surface area (Å²) < 4.78 is 2.30. The summed E-state index contributed by atoms with van der Waals surface area (Å²) in [6, 6.07) is 4.26. The number of aromatic nitrogens is 3. The molecular formula is C16H22N4. The molecule has 4 heteroatoms. The fourth-order valence-corrected chi connectivity index (χ4v) is 2.96. The van der Waals surface area contributed by atoms with Gasteiger partial charge in [0.15, 0.2) is 0 Å². The largest absolute Gasteiger partial charge is 0.335 e. The molecule has 0 saturated carbocycles. The molecule has 1 aliphatic rings. The Morgan fingerprint density at radius 1 is 1.35 bits per heavy atom. The number of fused-ring (bicyclic) bond motifs is 1. The molecule has 20 heavy (non-hydrogen) atoms. The smallest absolute Gasteiger partial charge is 0.108 e. The quantitative estimate of drug-likeness (QED) is 0.854. The number of hydrogen-bond acceptors (Lipinski definition) is 3. The van der Waals surface area contributed by atoms with Gasteiger partial charge in [0.2, 0.25) is 0 Å². The lowest BCUT2D eigenvalue weighted by atomic mass is 9.99. The zero-order valence-corrected chi connectivity index (χ0v) is 12.3. The van der Waals surface area contributed by atoms with Gasteiger partial charge in [-0.15, -0.1) is 0 Å². The number of pyridine rings is 1. The lowest BCUT2D eigenvalue weighted by Gasteiger charge is -2.28. The molecule has 1 aliphatic heterocycles. The second kappa shape index (κ2) is 5.75. The standard InChI is InChI=1S/C16H22N4/c1-13-3-5-15(18-9-13)12-19(2)10-14-4-6-16-17-7-8-20(16)11-14/h3,5,7-9,14H,4,6,10-12H2,1-2H3/t14-/m1/s1. The Balaban J connectivity index is 1.54. The average Bonchev–Trinajstić information content (AvgIpc) is 2.89. The van der Waals surface area contributed by atoms with E-state index in [0.29, 0.717) is 5.92 Å². The van der Waals surface area contributed by atoms with Crippen LogP contribution in [0.1, 0.15) is 23.5 Å². The Hall–Kier alpha value is -1.68. The number of nitrogens with zero attached hydrogens (tertiary/aromatic N) is 4. The maximum absolute atomic E-state index is 4.48. The second-order valence-corrected chi connectivity index (χ2v) is 5.92. The van der Waals surface area contributed by atoms with E-state index in [0.717, 1.165) is 31.7 Å². The molecule has 2 aromatic rings. The van der Waals surface area contributed by atoms with E-state index in [1.807, 2.05) is 12.4 Å². The molecule has 0 unspecified atom stereocenters. The molecule has 0 aliphatic carbocycles. The van der Waals surface area contributed by atoms with Crippen molar-refractivity contribution in [1.29, 1.82) is 0 Å². The highest BCUT2D eigenvalue weighted by atomic mass is 15.1. The molecule has 3 rings (SSSR count). The van der Waals surface area contributed by atoms with Gasteiger partial charge in [0.05, 0.1) is 5.69 Å². The summed E-state index contributed by atoms with van der Waals surface area (Å²) >= 11 is 0. The van der Waals surface area contributed by atoms with Gasteiger partial charge in [0.25, 0.3) is 0 Å². The molecule has 3 heterocycles. The molecule has 0 N–H and O–H groups in total. The lowest BCUT2D eigenvalue weighted by Crippen LogP contribution is -2.31. The average molecular weight is 270 g/mol. The van der Waals surface area contributed by atoms with E-state index in [2.05, 4.69) is 51.7 Å². The van der Waals surface area contributed by atoms with Crippen molar-refractivity contribution < 1.29 is 0 Å². The first kappa shape index (κ1) is 13.3. The third-order valence-corrected chi connectivity index (χ3v) is 4.01. The van der Waals surface area contributed by atoms with Crippen molar-refractivity contribution in [2.75, 3.05) is 13.6 Å². The fourth-order valence-electron chi connectivity index (χ4n) is 2.96. The minimum Gasteiger partial charge on any atom is -0.335 e. The number of rotatable bonds is 4. The zero-order valence-electron chi connectivity index (χ0n) is 12.3. The van der Waals surface area contributed by atoms with Crippen LogP contribution in [0.4, 0.5) is 0 Å². The highest BCUT2D eigenvalue weighted by Gasteiger charge is 2.20. The molecule has 2 aromatic heterocycles. The van der Waals surface area contributed by atoms with Gasteiger partial charge in [0.1, 0.15) is 5.82 Å². The van der Waals surface area contributed by atoms with E-state index in [4.69, 9.17) is 0 Å². The van der Waals surface area contributed by atoms with E-state index in [1.54, 1.807) is 0 Å². The Morgan fingerprint density at radius 3 is 3.05 bits per heavy atom. The fraction of sp³-hybridized carbons (Fsp3) is 0.500. The van der Waals surface area contributed by atoms with Crippen molar-refractivity contribution in [2.45, 2.75) is 32.9 Å². The summed E-state index contributed by atoms with van der Waals surface area (Å²) in [6.45, 7) is 5.22. The molecule has 0 saturated heterocycles. The van der Waals surface area contributed by atoms with Crippen molar-refractivity contribution in [1.82, 2.24) is 19.4 Å². The van der Waals surface area contributed by atoms with Crippen LogP contribution in [0.15, 0.2) is 30.7 Å². The molecular weight excluding hydrogens is 248 g/mol. The second-order valence-electron chi connectivity index (χ2n) is 5.92. The van der Waals surface area contributed by atoms with Crippen LogP contribution < -0.4 is 0 Å². The van der Waals surface area contributed by atoms with Crippen LogP contribution in [0, 0.1) is 12.8 Å². The van der Waals surface area contributed by atoms with E-state index >= 15 is 0 Å². The summed E-state index contributed by atoms with van der Waals surface area (Å²) in [5.41, 5.74) is 2.37.